The number of pyridine rings is 1. The van der Waals surface area contributed by atoms with Gasteiger partial charge in [-0.05, 0) is 25.0 Å². The molecule has 0 saturated heterocycles. The molecule has 1 aromatic heterocycles. The number of hydrogen-bond donors (Lipinski definition) is 2. The summed E-state index contributed by atoms with van der Waals surface area (Å²) in [5, 5.41) is 13.5. The number of nitrogens with one attached hydrogen (secondary N) is 1. The van der Waals surface area contributed by atoms with E-state index in [1.165, 1.54) is 0 Å². The molecule has 0 radical (unpaired) electrons. The summed E-state index contributed by atoms with van der Waals surface area (Å²) in [7, 11) is 0. The van der Waals surface area contributed by atoms with E-state index in [1.54, 1.807) is 11.8 Å². The maximum atomic E-state index is 8.84. The zero-order valence-corrected chi connectivity index (χ0v) is 10.8. The van der Waals surface area contributed by atoms with E-state index in [0.29, 0.717) is 5.25 Å². The number of aliphatic hydroxyl groups excluding tert-OH is 1. The van der Waals surface area contributed by atoms with Gasteiger partial charge in [-0.25, -0.2) is 4.98 Å². The first kappa shape index (κ1) is 13.3. The highest BCUT2D eigenvalue weighted by Crippen LogP contribution is 2.24. The van der Waals surface area contributed by atoms with Gasteiger partial charge >= 0.3 is 0 Å². The van der Waals surface area contributed by atoms with Gasteiger partial charge in [-0.1, -0.05) is 19.9 Å². The van der Waals surface area contributed by atoms with Gasteiger partial charge in [0.25, 0.3) is 0 Å². The average Bonchev–Trinajstić information content (AvgIpc) is 2.27. The van der Waals surface area contributed by atoms with Crippen molar-refractivity contribution in [3.8, 4) is 0 Å². The lowest BCUT2D eigenvalue weighted by atomic mass is 10.3. The minimum absolute atomic E-state index is 0.238. The standard InChI is InChI=1S/C12H20N2OS/c1-3-8-13-11-5-4-6-12(14-11)16-10(2)7-9-15/h4-6,10,15H,3,7-9H2,1-2H3,(H,13,14). The van der Waals surface area contributed by atoms with Crippen LogP contribution in [0.1, 0.15) is 26.7 Å². The van der Waals surface area contributed by atoms with Crippen molar-refractivity contribution in [2.45, 2.75) is 37.0 Å². The Bertz CT molecular complexity index is 307. The lowest BCUT2D eigenvalue weighted by Gasteiger charge is -2.10. The SMILES string of the molecule is CCCNc1cccc(SC(C)CCO)n1. The summed E-state index contributed by atoms with van der Waals surface area (Å²) in [6.45, 7) is 5.43. The normalized spacial score (nSPS) is 12.4. The van der Waals surface area contributed by atoms with Gasteiger partial charge in [-0.15, -0.1) is 11.8 Å². The highest BCUT2D eigenvalue weighted by Gasteiger charge is 2.05. The van der Waals surface area contributed by atoms with Gasteiger partial charge in [0.2, 0.25) is 0 Å². The summed E-state index contributed by atoms with van der Waals surface area (Å²) in [4.78, 5) is 4.50. The fraction of sp³-hybridized carbons (Fsp3) is 0.583. The van der Waals surface area contributed by atoms with Crippen LogP contribution in [0.2, 0.25) is 0 Å². The number of thioether (sulfide) groups is 1. The van der Waals surface area contributed by atoms with Gasteiger partial charge in [-0.3, -0.25) is 0 Å². The van der Waals surface area contributed by atoms with Gasteiger partial charge in [0, 0.05) is 18.4 Å². The van der Waals surface area contributed by atoms with Crippen LogP contribution in [0.25, 0.3) is 0 Å². The molecule has 1 atom stereocenters. The zero-order valence-electron chi connectivity index (χ0n) is 9.94. The highest BCUT2D eigenvalue weighted by molar-refractivity contribution is 7.99. The number of nitrogens with zero attached hydrogens (tertiary/aromatic N) is 1. The summed E-state index contributed by atoms with van der Waals surface area (Å²) in [6.07, 6.45) is 1.90. The van der Waals surface area contributed by atoms with Crippen molar-refractivity contribution in [2.24, 2.45) is 0 Å². The monoisotopic (exact) mass is 240 g/mol. The number of aliphatic hydroxyl groups is 1. The molecule has 0 saturated carbocycles. The first-order valence-electron chi connectivity index (χ1n) is 5.74. The van der Waals surface area contributed by atoms with E-state index in [-0.39, 0.29) is 6.61 Å². The van der Waals surface area contributed by atoms with E-state index in [4.69, 9.17) is 5.11 Å². The molecule has 0 aliphatic heterocycles. The van der Waals surface area contributed by atoms with E-state index in [1.807, 2.05) is 18.2 Å². The molecule has 0 bridgehead atoms. The molecule has 3 nitrogen and oxygen atoms in total. The predicted molar refractivity (Wildman–Crippen MR) is 70.0 cm³/mol. The van der Waals surface area contributed by atoms with Gasteiger partial charge < -0.3 is 10.4 Å². The van der Waals surface area contributed by atoms with Crippen molar-refractivity contribution in [3.05, 3.63) is 18.2 Å². The quantitative estimate of drug-likeness (QED) is 0.719. The van der Waals surface area contributed by atoms with Crippen molar-refractivity contribution >= 4 is 17.6 Å². The smallest absolute Gasteiger partial charge is 0.127 e. The molecule has 0 fully saturated rings. The van der Waals surface area contributed by atoms with Gasteiger partial charge in [0.15, 0.2) is 0 Å². The molecule has 0 aliphatic carbocycles. The first-order chi connectivity index (χ1) is 7.76. The van der Waals surface area contributed by atoms with Crippen LogP contribution < -0.4 is 5.32 Å². The number of hydrogen-bond acceptors (Lipinski definition) is 4. The van der Waals surface area contributed by atoms with E-state index in [9.17, 15) is 0 Å². The number of rotatable bonds is 7. The second kappa shape index (κ2) is 7.52. The predicted octanol–water partition coefficient (Wildman–Crippen LogP) is 2.77. The van der Waals surface area contributed by atoms with Gasteiger partial charge in [0.05, 0.1) is 5.03 Å². The fourth-order valence-electron chi connectivity index (χ4n) is 1.28. The maximum absolute atomic E-state index is 8.84. The molecule has 1 heterocycles. The third-order valence-corrected chi connectivity index (χ3v) is 3.24. The van der Waals surface area contributed by atoms with Crippen LogP contribution in [0, 0.1) is 0 Å². The lowest BCUT2D eigenvalue weighted by Crippen LogP contribution is -2.03. The molecule has 0 spiro atoms. The van der Waals surface area contributed by atoms with E-state index < -0.39 is 0 Å². The summed E-state index contributed by atoms with van der Waals surface area (Å²) >= 11 is 1.70. The second-order valence-corrected chi connectivity index (χ2v) is 5.19. The second-order valence-electron chi connectivity index (χ2n) is 3.73. The molecule has 1 unspecified atom stereocenters. The Labute approximate surface area is 102 Å². The molecule has 0 amide bonds. The van der Waals surface area contributed by atoms with E-state index in [0.717, 1.165) is 30.2 Å². The zero-order chi connectivity index (χ0) is 11.8. The Morgan fingerprint density at radius 2 is 2.31 bits per heavy atom. The highest BCUT2D eigenvalue weighted by atomic mass is 32.2. The third kappa shape index (κ3) is 4.86. The Morgan fingerprint density at radius 3 is 3.00 bits per heavy atom. The van der Waals surface area contributed by atoms with E-state index >= 15 is 0 Å². The minimum Gasteiger partial charge on any atom is -0.396 e. The van der Waals surface area contributed by atoms with Crippen LogP contribution in [-0.4, -0.2) is 28.5 Å². The lowest BCUT2D eigenvalue weighted by molar-refractivity contribution is 0.289. The Hall–Kier alpha value is -0.740. The summed E-state index contributed by atoms with van der Waals surface area (Å²) in [6, 6.07) is 6.01. The Morgan fingerprint density at radius 1 is 1.50 bits per heavy atom. The minimum atomic E-state index is 0.238. The fourth-order valence-corrected chi connectivity index (χ4v) is 2.22. The molecule has 1 rings (SSSR count). The third-order valence-electron chi connectivity index (χ3n) is 2.14. The molecule has 2 N–H and O–H groups in total. The van der Waals surface area contributed by atoms with Crippen LogP contribution in [0.15, 0.2) is 23.2 Å². The van der Waals surface area contributed by atoms with Crippen molar-refractivity contribution in [3.63, 3.8) is 0 Å². The molecule has 4 heteroatoms. The van der Waals surface area contributed by atoms with Crippen LogP contribution >= 0.6 is 11.8 Å². The number of aromatic nitrogens is 1. The molecule has 90 valence electrons. The summed E-state index contributed by atoms with van der Waals surface area (Å²) in [5.41, 5.74) is 0. The van der Waals surface area contributed by atoms with Gasteiger partial charge in [-0.2, -0.15) is 0 Å². The molecular formula is C12H20N2OS. The molecular weight excluding hydrogens is 220 g/mol. The van der Waals surface area contributed by atoms with E-state index in [2.05, 4.69) is 24.1 Å². The van der Waals surface area contributed by atoms with Crippen molar-refractivity contribution in [2.75, 3.05) is 18.5 Å². The topological polar surface area (TPSA) is 45.1 Å². The first-order valence-corrected chi connectivity index (χ1v) is 6.62. The summed E-state index contributed by atoms with van der Waals surface area (Å²) in [5.74, 6) is 0.933. The van der Waals surface area contributed by atoms with Crippen LogP contribution in [0.5, 0.6) is 0 Å². The van der Waals surface area contributed by atoms with Crippen molar-refractivity contribution < 1.29 is 5.11 Å². The Balaban J connectivity index is 2.52. The molecule has 1 aromatic rings. The molecule has 16 heavy (non-hydrogen) atoms. The van der Waals surface area contributed by atoms with Crippen LogP contribution in [-0.2, 0) is 0 Å². The Kier molecular flexibility index (Phi) is 6.26. The molecule has 0 aliphatic rings. The number of anilines is 1. The summed E-state index contributed by atoms with van der Waals surface area (Å²) < 4.78 is 0. The van der Waals surface area contributed by atoms with Crippen LogP contribution in [0.3, 0.4) is 0 Å². The van der Waals surface area contributed by atoms with Gasteiger partial charge in [0.1, 0.15) is 5.82 Å². The van der Waals surface area contributed by atoms with Crippen molar-refractivity contribution in [1.29, 1.82) is 0 Å². The molecule has 0 aromatic carbocycles. The largest absolute Gasteiger partial charge is 0.396 e. The van der Waals surface area contributed by atoms with Crippen molar-refractivity contribution in [1.82, 2.24) is 4.98 Å². The maximum Gasteiger partial charge on any atom is 0.127 e. The van der Waals surface area contributed by atoms with Crippen LogP contribution in [0.4, 0.5) is 5.82 Å². The average molecular weight is 240 g/mol.